The minimum atomic E-state index is -0.160. The predicted molar refractivity (Wildman–Crippen MR) is 59.6 cm³/mol. The molecule has 0 fully saturated rings. The maximum atomic E-state index is 11.5. The molecule has 0 radical (unpaired) electrons. The zero-order valence-electron chi connectivity index (χ0n) is 7.63. The summed E-state index contributed by atoms with van der Waals surface area (Å²) in [7, 11) is 0. The molecule has 1 unspecified atom stereocenters. The van der Waals surface area contributed by atoms with Gasteiger partial charge in [0.1, 0.15) is 0 Å². The second-order valence-electron chi connectivity index (χ2n) is 2.92. The van der Waals surface area contributed by atoms with Gasteiger partial charge < -0.3 is 5.32 Å². The first-order chi connectivity index (χ1) is 6.63. The monoisotopic (exact) mass is 276 g/mol. The number of aromatic nitrogens is 1. The fourth-order valence-corrected chi connectivity index (χ4v) is 1.32. The molecule has 0 aliphatic carbocycles. The minimum Gasteiger partial charge on any atom is -0.348 e. The highest BCUT2D eigenvalue weighted by molar-refractivity contribution is 9.10. The molecule has 0 aliphatic rings. The number of halogens is 2. The van der Waals surface area contributed by atoms with E-state index in [1.54, 1.807) is 12.3 Å². The Morgan fingerprint density at radius 1 is 1.71 bits per heavy atom. The van der Waals surface area contributed by atoms with E-state index in [2.05, 4.69) is 26.2 Å². The summed E-state index contributed by atoms with van der Waals surface area (Å²) in [5, 5.41) is 2.74. The van der Waals surface area contributed by atoms with Crippen molar-refractivity contribution in [2.24, 2.45) is 0 Å². The number of pyridine rings is 1. The van der Waals surface area contributed by atoms with Crippen LogP contribution in [-0.2, 0) is 0 Å². The summed E-state index contributed by atoms with van der Waals surface area (Å²) >= 11 is 8.82. The molecule has 0 spiro atoms. The van der Waals surface area contributed by atoms with Crippen LogP contribution in [0.2, 0.25) is 0 Å². The lowest BCUT2D eigenvalue weighted by atomic mass is 10.2. The summed E-state index contributed by atoms with van der Waals surface area (Å²) in [6.45, 7) is 1.84. The quantitative estimate of drug-likeness (QED) is 0.861. The van der Waals surface area contributed by atoms with E-state index in [0.717, 1.165) is 4.47 Å². The average molecular weight is 278 g/mol. The first-order valence-electron chi connectivity index (χ1n) is 4.11. The molecule has 0 aliphatic heterocycles. The molecule has 14 heavy (non-hydrogen) atoms. The summed E-state index contributed by atoms with van der Waals surface area (Å²) in [5.74, 6) is 0.236. The lowest BCUT2D eigenvalue weighted by Gasteiger charge is -2.09. The Bertz CT molecular complexity index is 332. The summed E-state index contributed by atoms with van der Waals surface area (Å²) < 4.78 is 0.781. The number of alkyl halides is 1. The number of carbonyl (C=O) groups excluding carboxylic acids is 1. The van der Waals surface area contributed by atoms with Crippen LogP contribution in [0.3, 0.4) is 0 Å². The summed E-state index contributed by atoms with van der Waals surface area (Å²) in [5.41, 5.74) is 0.524. The Morgan fingerprint density at radius 3 is 3.00 bits per heavy atom. The number of hydrogen-bond donors (Lipinski definition) is 1. The Hall–Kier alpha value is -0.610. The van der Waals surface area contributed by atoms with Crippen molar-refractivity contribution in [3.8, 4) is 0 Å². The molecule has 76 valence electrons. The van der Waals surface area contributed by atoms with Crippen molar-refractivity contribution in [2.45, 2.75) is 13.0 Å². The van der Waals surface area contributed by atoms with Gasteiger partial charge in [-0.1, -0.05) is 0 Å². The van der Waals surface area contributed by atoms with E-state index in [4.69, 9.17) is 11.6 Å². The minimum absolute atomic E-state index is 0.0388. The molecule has 1 aromatic heterocycles. The van der Waals surface area contributed by atoms with Gasteiger partial charge in [0.05, 0.1) is 5.56 Å². The maximum Gasteiger partial charge on any atom is 0.253 e. The van der Waals surface area contributed by atoms with E-state index in [-0.39, 0.29) is 11.9 Å². The van der Waals surface area contributed by atoms with Gasteiger partial charge in [0, 0.05) is 28.8 Å². The molecule has 1 N–H and O–H groups in total. The van der Waals surface area contributed by atoms with Gasteiger partial charge in [-0.3, -0.25) is 9.78 Å². The molecule has 3 nitrogen and oxygen atoms in total. The summed E-state index contributed by atoms with van der Waals surface area (Å²) in [4.78, 5) is 15.4. The molecule has 1 amide bonds. The normalized spacial score (nSPS) is 12.2. The number of nitrogens with one attached hydrogen (secondary N) is 1. The Labute approximate surface area is 96.0 Å². The van der Waals surface area contributed by atoms with E-state index in [1.165, 1.54) is 6.20 Å². The van der Waals surface area contributed by atoms with Crippen LogP contribution in [-0.4, -0.2) is 22.8 Å². The molecule has 1 atom stereocenters. The number of amides is 1. The highest BCUT2D eigenvalue weighted by atomic mass is 79.9. The van der Waals surface area contributed by atoms with Crippen molar-refractivity contribution >= 4 is 33.4 Å². The van der Waals surface area contributed by atoms with Gasteiger partial charge in [-0.05, 0) is 28.9 Å². The van der Waals surface area contributed by atoms with Crippen molar-refractivity contribution in [1.82, 2.24) is 10.3 Å². The van der Waals surface area contributed by atoms with Crippen LogP contribution in [0.5, 0.6) is 0 Å². The lowest BCUT2D eigenvalue weighted by molar-refractivity contribution is 0.0943. The molecule has 1 heterocycles. The highest BCUT2D eigenvalue weighted by Crippen LogP contribution is 2.09. The largest absolute Gasteiger partial charge is 0.348 e. The first kappa shape index (κ1) is 11.5. The molecular weight excluding hydrogens is 267 g/mol. The number of hydrogen-bond acceptors (Lipinski definition) is 2. The first-order valence-corrected chi connectivity index (χ1v) is 5.43. The van der Waals surface area contributed by atoms with Crippen molar-refractivity contribution in [2.75, 3.05) is 5.88 Å². The average Bonchev–Trinajstić information content (AvgIpc) is 2.17. The molecular formula is C9H10BrClN2O. The van der Waals surface area contributed by atoms with Crippen molar-refractivity contribution in [3.05, 3.63) is 28.5 Å². The molecule has 0 saturated heterocycles. The van der Waals surface area contributed by atoms with Crippen LogP contribution < -0.4 is 5.32 Å². The molecule has 1 rings (SSSR count). The van der Waals surface area contributed by atoms with Crippen molar-refractivity contribution < 1.29 is 4.79 Å². The summed E-state index contributed by atoms with van der Waals surface area (Å²) in [6, 6.07) is 1.67. The van der Waals surface area contributed by atoms with Gasteiger partial charge in [0.15, 0.2) is 0 Å². The Morgan fingerprint density at radius 2 is 2.43 bits per heavy atom. The van der Waals surface area contributed by atoms with E-state index in [9.17, 15) is 4.79 Å². The fourth-order valence-electron chi connectivity index (χ4n) is 0.882. The highest BCUT2D eigenvalue weighted by Gasteiger charge is 2.09. The zero-order valence-corrected chi connectivity index (χ0v) is 9.97. The Kier molecular flexibility index (Phi) is 4.35. The van der Waals surface area contributed by atoms with Gasteiger partial charge in [-0.2, -0.15) is 0 Å². The van der Waals surface area contributed by atoms with Crippen molar-refractivity contribution in [1.29, 1.82) is 0 Å². The topological polar surface area (TPSA) is 42.0 Å². The maximum absolute atomic E-state index is 11.5. The van der Waals surface area contributed by atoms with E-state index in [1.807, 2.05) is 6.92 Å². The van der Waals surface area contributed by atoms with Gasteiger partial charge >= 0.3 is 0 Å². The third-order valence-corrected chi connectivity index (χ3v) is 2.47. The van der Waals surface area contributed by atoms with Crippen LogP contribution >= 0.6 is 27.5 Å². The smallest absolute Gasteiger partial charge is 0.253 e. The van der Waals surface area contributed by atoms with Crippen LogP contribution in [0.15, 0.2) is 22.9 Å². The van der Waals surface area contributed by atoms with Crippen LogP contribution in [0.25, 0.3) is 0 Å². The molecule has 0 bridgehead atoms. The fraction of sp³-hybridized carbons (Fsp3) is 0.333. The van der Waals surface area contributed by atoms with Crippen LogP contribution in [0, 0.1) is 0 Å². The van der Waals surface area contributed by atoms with E-state index < -0.39 is 0 Å². The molecule has 0 aromatic carbocycles. The number of rotatable bonds is 3. The van der Waals surface area contributed by atoms with Gasteiger partial charge in [-0.15, -0.1) is 11.6 Å². The standard InChI is InChI=1S/C9H10BrClN2O/c1-6(3-11)13-9(14)7-2-8(10)5-12-4-7/h2,4-6H,3H2,1H3,(H,13,14). The predicted octanol–water partition coefficient (Wildman–Crippen LogP) is 2.20. The summed E-state index contributed by atoms with van der Waals surface area (Å²) in [6.07, 6.45) is 3.14. The third kappa shape index (κ3) is 3.27. The van der Waals surface area contributed by atoms with Gasteiger partial charge in [0.2, 0.25) is 0 Å². The van der Waals surface area contributed by atoms with Gasteiger partial charge in [-0.25, -0.2) is 0 Å². The lowest BCUT2D eigenvalue weighted by Crippen LogP contribution is -2.33. The number of carbonyl (C=O) groups is 1. The SMILES string of the molecule is CC(CCl)NC(=O)c1cncc(Br)c1. The van der Waals surface area contributed by atoms with Crippen LogP contribution in [0.1, 0.15) is 17.3 Å². The molecule has 0 saturated carbocycles. The van der Waals surface area contributed by atoms with Crippen molar-refractivity contribution in [3.63, 3.8) is 0 Å². The second kappa shape index (κ2) is 5.32. The van der Waals surface area contributed by atoms with E-state index >= 15 is 0 Å². The second-order valence-corrected chi connectivity index (χ2v) is 4.14. The zero-order chi connectivity index (χ0) is 10.6. The van der Waals surface area contributed by atoms with E-state index in [0.29, 0.717) is 11.4 Å². The molecule has 5 heteroatoms. The van der Waals surface area contributed by atoms with Crippen LogP contribution in [0.4, 0.5) is 0 Å². The number of nitrogens with zero attached hydrogens (tertiary/aromatic N) is 1. The molecule has 1 aromatic rings. The Balaban J connectivity index is 2.70. The third-order valence-electron chi connectivity index (χ3n) is 1.58. The van der Waals surface area contributed by atoms with Gasteiger partial charge in [0.25, 0.3) is 5.91 Å².